The molecule has 1 amide bonds. The Hall–Kier alpha value is -2.37. The number of unbranched alkanes of at least 4 members (excludes halogenated alkanes) is 1. The molecule has 0 aliphatic carbocycles. The van der Waals surface area contributed by atoms with Crippen molar-refractivity contribution in [3.8, 4) is 16.9 Å². The minimum absolute atomic E-state index is 0.0209. The van der Waals surface area contributed by atoms with Gasteiger partial charge in [-0.25, -0.2) is 0 Å². The molecule has 162 valence electrons. The first-order valence-electron chi connectivity index (χ1n) is 10.8. The fourth-order valence-electron chi connectivity index (χ4n) is 4.07. The number of carbonyl (C=O) groups excluding carboxylic acids is 1. The Labute approximate surface area is 180 Å². The molecule has 0 bridgehead atoms. The van der Waals surface area contributed by atoms with E-state index in [2.05, 4.69) is 48.6 Å². The summed E-state index contributed by atoms with van der Waals surface area (Å²) in [4.78, 5) is 15.2. The van der Waals surface area contributed by atoms with Crippen LogP contribution >= 0.6 is 0 Å². The van der Waals surface area contributed by atoms with Crippen molar-refractivity contribution in [3.05, 3.63) is 54.1 Å². The fraction of sp³-hybridized carbons (Fsp3) is 0.480. The summed E-state index contributed by atoms with van der Waals surface area (Å²) in [5.74, 6) is 0.865. The molecule has 3 rings (SSSR count). The van der Waals surface area contributed by atoms with Crippen LogP contribution in [0, 0.1) is 0 Å². The van der Waals surface area contributed by atoms with Crippen molar-refractivity contribution in [3.63, 3.8) is 0 Å². The van der Waals surface area contributed by atoms with Gasteiger partial charge in [0.05, 0.1) is 7.11 Å². The molecular weight excluding hydrogens is 376 g/mol. The van der Waals surface area contributed by atoms with Crippen molar-refractivity contribution in [2.24, 2.45) is 0 Å². The van der Waals surface area contributed by atoms with Gasteiger partial charge in [0.25, 0.3) is 5.91 Å². The van der Waals surface area contributed by atoms with E-state index >= 15 is 0 Å². The van der Waals surface area contributed by atoms with Crippen LogP contribution < -0.4 is 10.1 Å². The molecule has 1 aliphatic rings. The normalized spacial score (nSPS) is 18.5. The van der Waals surface area contributed by atoms with Gasteiger partial charge in [-0.15, -0.1) is 0 Å². The smallest absolute Gasteiger partial charge is 0.252 e. The molecule has 1 fully saturated rings. The van der Waals surface area contributed by atoms with Gasteiger partial charge < -0.3 is 19.7 Å². The third kappa shape index (κ3) is 5.61. The first kappa shape index (κ1) is 22.3. The molecule has 5 heteroatoms. The molecule has 1 N–H and O–H groups in total. The predicted molar refractivity (Wildman–Crippen MR) is 121 cm³/mol. The van der Waals surface area contributed by atoms with Crippen LogP contribution in [0.15, 0.2) is 48.5 Å². The van der Waals surface area contributed by atoms with Gasteiger partial charge in [0.2, 0.25) is 0 Å². The van der Waals surface area contributed by atoms with E-state index in [4.69, 9.17) is 9.47 Å². The van der Waals surface area contributed by atoms with Gasteiger partial charge in [0.1, 0.15) is 5.75 Å². The summed E-state index contributed by atoms with van der Waals surface area (Å²) < 4.78 is 11.6. The van der Waals surface area contributed by atoms with E-state index in [9.17, 15) is 4.79 Å². The molecule has 1 saturated heterocycles. The summed E-state index contributed by atoms with van der Waals surface area (Å²) in [6.07, 6.45) is 4.31. The van der Waals surface area contributed by atoms with Gasteiger partial charge in [-0.3, -0.25) is 4.79 Å². The maximum atomic E-state index is 13.1. The first-order valence-corrected chi connectivity index (χ1v) is 10.8. The van der Waals surface area contributed by atoms with Crippen LogP contribution in [0.25, 0.3) is 11.1 Å². The number of carbonyl (C=O) groups is 1. The standard InChI is InChI=1S/C25H34N2O3/c1-27(2)16-7-6-15-26-24(28)25(14-9-17-30-25)19-20-10-8-11-21(18-20)22-12-4-5-13-23(22)29-3/h4-5,8,10-13,18H,6-7,9,14-17,19H2,1-3H3,(H,26,28)/t25-/m0/s1. The summed E-state index contributed by atoms with van der Waals surface area (Å²) in [6.45, 7) is 2.37. The Balaban J connectivity index is 1.70. The van der Waals surface area contributed by atoms with E-state index in [1.807, 2.05) is 24.3 Å². The number of ether oxygens (including phenoxy) is 2. The molecule has 0 spiro atoms. The topological polar surface area (TPSA) is 50.8 Å². The summed E-state index contributed by atoms with van der Waals surface area (Å²) >= 11 is 0. The lowest BCUT2D eigenvalue weighted by Crippen LogP contribution is -2.48. The van der Waals surface area contributed by atoms with Crippen molar-refractivity contribution in [1.82, 2.24) is 10.2 Å². The average molecular weight is 411 g/mol. The van der Waals surface area contributed by atoms with Crippen molar-refractivity contribution < 1.29 is 14.3 Å². The van der Waals surface area contributed by atoms with Crippen LogP contribution in [-0.2, 0) is 16.0 Å². The largest absolute Gasteiger partial charge is 0.496 e. The van der Waals surface area contributed by atoms with Gasteiger partial charge in [-0.05, 0) is 63.5 Å². The maximum absolute atomic E-state index is 13.1. The van der Waals surface area contributed by atoms with Gasteiger partial charge in [-0.2, -0.15) is 0 Å². The lowest BCUT2D eigenvalue weighted by atomic mass is 9.89. The predicted octanol–water partition coefficient (Wildman–Crippen LogP) is 3.91. The van der Waals surface area contributed by atoms with Gasteiger partial charge in [0, 0.05) is 25.1 Å². The zero-order valence-corrected chi connectivity index (χ0v) is 18.4. The van der Waals surface area contributed by atoms with Crippen LogP contribution in [0.3, 0.4) is 0 Å². The summed E-state index contributed by atoms with van der Waals surface area (Å²) in [6, 6.07) is 16.3. The molecule has 0 saturated carbocycles. The van der Waals surface area contributed by atoms with Gasteiger partial charge >= 0.3 is 0 Å². The molecule has 0 radical (unpaired) electrons. The van der Waals surface area contributed by atoms with E-state index in [0.717, 1.165) is 54.7 Å². The minimum Gasteiger partial charge on any atom is -0.496 e. The summed E-state index contributed by atoms with van der Waals surface area (Å²) in [7, 11) is 5.82. The van der Waals surface area contributed by atoms with Crippen molar-refractivity contribution in [1.29, 1.82) is 0 Å². The van der Waals surface area contributed by atoms with E-state index in [1.165, 1.54) is 0 Å². The quantitative estimate of drug-likeness (QED) is 0.604. The molecule has 1 atom stereocenters. The van der Waals surface area contributed by atoms with Crippen LogP contribution in [-0.4, -0.2) is 57.3 Å². The van der Waals surface area contributed by atoms with Crippen LogP contribution in [0.1, 0.15) is 31.2 Å². The number of methoxy groups -OCH3 is 1. The first-order chi connectivity index (χ1) is 14.5. The third-order valence-electron chi connectivity index (χ3n) is 5.67. The van der Waals surface area contributed by atoms with Crippen molar-refractivity contribution >= 4 is 5.91 Å². The minimum atomic E-state index is -0.763. The molecule has 1 heterocycles. The molecule has 0 aromatic heterocycles. The number of nitrogens with one attached hydrogen (secondary N) is 1. The monoisotopic (exact) mass is 410 g/mol. The molecule has 2 aromatic rings. The highest BCUT2D eigenvalue weighted by Gasteiger charge is 2.42. The Kier molecular flexibility index (Phi) is 7.88. The SMILES string of the molecule is COc1ccccc1-c1cccc(C[C@]2(C(=O)NCCCCN(C)C)CCCO2)c1. The number of benzene rings is 2. The number of hydrogen-bond acceptors (Lipinski definition) is 4. The second-order valence-corrected chi connectivity index (χ2v) is 8.29. The number of rotatable bonds is 10. The van der Waals surface area contributed by atoms with Gasteiger partial charge in [0.15, 0.2) is 5.60 Å². The van der Waals surface area contributed by atoms with Crippen LogP contribution in [0.2, 0.25) is 0 Å². The molecule has 30 heavy (non-hydrogen) atoms. The highest BCUT2D eigenvalue weighted by molar-refractivity contribution is 5.86. The fourth-order valence-corrected chi connectivity index (χ4v) is 4.07. The van der Waals surface area contributed by atoms with Crippen LogP contribution in [0.5, 0.6) is 5.75 Å². The second-order valence-electron chi connectivity index (χ2n) is 8.29. The molecule has 1 aliphatic heterocycles. The zero-order valence-electron chi connectivity index (χ0n) is 18.4. The average Bonchev–Trinajstić information content (AvgIpc) is 3.23. The number of hydrogen-bond donors (Lipinski definition) is 1. The summed E-state index contributed by atoms with van der Waals surface area (Å²) in [5.41, 5.74) is 2.47. The Morgan fingerprint density at radius 3 is 2.73 bits per heavy atom. The van der Waals surface area contributed by atoms with E-state index in [0.29, 0.717) is 19.6 Å². The van der Waals surface area contributed by atoms with Crippen molar-refractivity contribution in [2.45, 2.75) is 37.7 Å². The van der Waals surface area contributed by atoms with E-state index in [1.54, 1.807) is 7.11 Å². The zero-order chi connectivity index (χ0) is 21.4. The maximum Gasteiger partial charge on any atom is 0.252 e. The van der Waals surface area contributed by atoms with Crippen LogP contribution in [0.4, 0.5) is 0 Å². The molecule has 0 unspecified atom stereocenters. The number of nitrogens with zero attached hydrogens (tertiary/aromatic N) is 1. The lowest BCUT2D eigenvalue weighted by molar-refractivity contribution is -0.141. The number of para-hydroxylation sites is 1. The highest BCUT2D eigenvalue weighted by Crippen LogP contribution is 2.33. The molecule has 2 aromatic carbocycles. The Bertz CT molecular complexity index is 829. The molecule has 5 nitrogen and oxygen atoms in total. The van der Waals surface area contributed by atoms with Crippen molar-refractivity contribution in [2.75, 3.05) is 40.9 Å². The second kappa shape index (κ2) is 10.6. The Morgan fingerprint density at radius 1 is 1.17 bits per heavy atom. The van der Waals surface area contributed by atoms with Gasteiger partial charge in [-0.1, -0.05) is 42.5 Å². The Morgan fingerprint density at radius 2 is 2.00 bits per heavy atom. The summed E-state index contributed by atoms with van der Waals surface area (Å²) in [5, 5.41) is 3.12. The third-order valence-corrected chi connectivity index (χ3v) is 5.67. The number of amides is 1. The lowest BCUT2D eigenvalue weighted by Gasteiger charge is -2.27. The highest BCUT2D eigenvalue weighted by atomic mass is 16.5. The van der Waals surface area contributed by atoms with E-state index in [-0.39, 0.29) is 5.91 Å². The van der Waals surface area contributed by atoms with E-state index < -0.39 is 5.60 Å². The molecular formula is C25H34N2O3.